The Kier molecular flexibility index (Phi) is 12.5. The summed E-state index contributed by atoms with van der Waals surface area (Å²) in [5, 5.41) is 16.3. The summed E-state index contributed by atoms with van der Waals surface area (Å²) in [7, 11) is 4.47. The van der Waals surface area contributed by atoms with Crippen molar-refractivity contribution in [1.82, 2.24) is 0 Å². The first-order valence-electron chi connectivity index (χ1n) is 4.58. The first kappa shape index (κ1) is 18.0. The number of quaternary nitrogens is 1. The Morgan fingerprint density at radius 2 is 1.56 bits per heavy atom. The summed E-state index contributed by atoms with van der Waals surface area (Å²) in [4.78, 5) is 19.6. The van der Waals surface area contributed by atoms with E-state index in [2.05, 4.69) is 26.6 Å². The van der Waals surface area contributed by atoms with Crippen molar-refractivity contribution in [2.75, 3.05) is 38.1 Å². The number of rotatable bonds is 5. The number of thioether (sulfide) groups is 2. The Morgan fingerprint density at radius 3 is 1.69 bits per heavy atom. The van der Waals surface area contributed by atoms with Crippen molar-refractivity contribution in [3.05, 3.63) is 0 Å². The van der Waals surface area contributed by atoms with Gasteiger partial charge in [0.05, 0.1) is 14.1 Å². The van der Waals surface area contributed by atoms with E-state index in [1.54, 1.807) is 4.90 Å². The summed E-state index contributed by atoms with van der Waals surface area (Å²) in [5.74, 6) is -1.45. The van der Waals surface area contributed by atoms with Gasteiger partial charge in [-0.05, 0) is 12.5 Å². The molecule has 16 heavy (non-hydrogen) atoms. The fourth-order valence-corrected chi connectivity index (χ4v) is 2.64. The maximum Gasteiger partial charge on any atom is 0.351 e. The van der Waals surface area contributed by atoms with Crippen LogP contribution in [0.1, 0.15) is 0 Å². The molecule has 0 aromatic rings. The molecular formula is C9H19NO4S2. The zero-order valence-corrected chi connectivity index (χ0v) is 11.6. The molecule has 0 fully saturated rings. The van der Waals surface area contributed by atoms with Crippen LogP contribution in [0.3, 0.4) is 0 Å². The molecule has 2 N–H and O–H groups in total. The first-order chi connectivity index (χ1) is 7.36. The number of carbonyl (C=O) groups excluding carboxylic acids is 1. The maximum absolute atomic E-state index is 9.04. The quantitative estimate of drug-likeness (QED) is 0.564. The third-order valence-corrected chi connectivity index (χ3v) is 3.20. The van der Waals surface area contributed by atoms with Crippen molar-refractivity contribution in [3.8, 4) is 0 Å². The van der Waals surface area contributed by atoms with Crippen molar-refractivity contribution in [2.45, 2.75) is 6.04 Å². The molecule has 0 saturated carbocycles. The molecule has 0 unspecified atom stereocenters. The maximum atomic E-state index is 9.04. The van der Waals surface area contributed by atoms with Crippen LogP contribution in [0, 0.1) is 0 Å². The van der Waals surface area contributed by atoms with E-state index in [1.165, 1.54) is 11.5 Å². The molecule has 7 heteroatoms. The van der Waals surface area contributed by atoms with Crippen molar-refractivity contribution in [1.29, 1.82) is 0 Å². The molecule has 0 aliphatic rings. The molecule has 96 valence electrons. The predicted octanol–water partition coefficient (Wildman–Crippen LogP) is -1.95. The molecule has 0 atom stereocenters. The van der Waals surface area contributed by atoms with Crippen LogP contribution in [0.2, 0.25) is 0 Å². The van der Waals surface area contributed by atoms with Crippen LogP contribution in [0.15, 0.2) is 0 Å². The summed E-state index contributed by atoms with van der Waals surface area (Å²) in [5.41, 5.74) is 0. The van der Waals surface area contributed by atoms with Gasteiger partial charge in [0.1, 0.15) is 6.04 Å². The van der Waals surface area contributed by atoms with Gasteiger partial charge in [-0.3, -0.25) is 0 Å². The van der Waals surface area contributed by atoms with E-state index in [4.69, 9.17) is 19.8 Å². The zero-order chi connectivity index (χ0) is 13.1. The highest BCUT2D eigenvalue weighted by Crippen LogP contribution is 2.00. The molecule has 0 aromatic carbocycles. The largest absolute Gasteiger partial charge is 0.539 e. The molecule has 0 rings (SSSR count). The lowest BCUT2D eigenvalue weighted by atomic mass is 10.4. The predicted molar refractivity (Wildman–Crippen MR) is 66.0 cm³/mol. The molecule has 0 amide bonds. The van der Waals surface area contributed by atoms with Crippen molar-refractivity contribution < 1.29 is 24.7 Å². The molecule has 0 spiro atoms. The molecule has 0 radical (unpaired) electrons. The summed E-state index contributed by atoms with van der Waals surface area (Å²) in [6.07, 6.45) is 4.35. The Hall–Kier alpha value is -0.400. The summed E-state index contributed by atoms with van der Waals surface area (Å²) >= 11 is 3.89. The van der Waals surface area contributed by atoms with E-state index in [0.717, 1.165) is 6.04 Å². The molecular weight excluding hydrogens is 250 g/mol. The van der Waals surface area contributed by atoms with Crippen LogP contribution >= 0.6 is 23.5 Å². The Balaban J connectivity index is 0. The van der Waals surface area contributed by atoms with Crippen LogP contribution in [0.5, 0.6) is 0 Å². The van der Waals surface area contributed by atoms with E-state index in [9.17, 15) is 0 Å². The van der Waals surface area contributed by atoms with E-state index >= 15 is 0 Å². The highest BCUT2D eigenvalue weighted by atomic mass is 32.2. The van der Waals surface area contributed by atoms with E-state index in [0.29, 0.717) is 0 Å². The van der Waals surface area contributed by atoms with Crippen LogP contribution in [0.25, 0.3) is 0 Å². The third kappa shape index (κ3) is 11.7. The summed E-state index contributed by atoms with van der Waals surface area (Å²) in [6, 6.07) is 0.824. The summed E-state index contributed by atoms with van der Waals surface area (Å²) in [6.45, 7) is 0. The lowest BCUT2D eigenvalue weighted by molar-refractivity contribution is -0.879. The minimum atomic E-state index is -2.07. The normalized spacial score (nSPS) is 9.88. The Bertz CT molecular complexity index is 194. The van der Waals surface area contributed by atoms with Gasteiger partial charge in [0.25, 0.3) is 0 Å². The second-order valence-corrected chi connectivity index (χ2v) is 5.10. The van der Waals surface area contributed by atoms with Gasteiger partial charge in [0.2, 0.25) is 0 Å². The molecule has 0 heterocycles. The minimum Gasteiger partial charge on any atom is -0.539 e. The molecule has 5 nitrogen and oxygen atoms in total. The fraction of sp³-hybridized carbons (Fsp3) is 0.778. The van der Waals surface area contributed by atoms with Crippen LogP contribution in [0.4, 0.5) is 0 Å². The second-order valence-electron chi connectivity index (χ2n) is 3.28. The van der Waals surface area contributed by atoms with E-state index in [1.807, 2.05) is 23.5 Å². The number of nitrogens with one attached hydrogen (secondary N) is 1. The minimum absolute atomic E-state index is 0.824. The van der Waals surface area contributed by atoms with Gasteiger partial charge in [-0.2, -0.15) is 23.5 Å². The Morgan fingerprint density at radius 1 is 1.25 bits per heavy atom. The lowest BCUT2D eigenvalue weighted by Crippen LogP contribution is -3.11. The molecule has 0 bridgehead atoms. The zero-order valence-electron chi connectivity index (χ0n) is 9.98. The number of aliphatic carboxylic acids is 2. The Labute approximate surface area is 105 Å². The smallest absolute Gasteiger partial charge is 0.351 e. The molecule has 0 saturated heterocycles. The SMILES string of the molecule is CSCC(CSC)[NH+](C)C.O=C([O-])C(=O)O. The van der Waals surface area contributed by atoms with Crippen LogP contribution < -0.4 is 10.0 Å². The number of carboxylic acid groups (broad SMARTS) is 2. The molecule has 0 aliphatic carbocycles. The van der Waals surface area contributed by atoms with Crippen molar-refractivity contribution in [3.63, 3.8) is 0 Å². The molecule has 0 aromatic heterocycles. The number of carboxylic acids is 2. The monoisotopic (exact) mass is 269 g/mol. The van der Waals surface area contributed by atoms with Gasteiger partial charge >= 0.3 is 5.97 Å². The van der Waals surface area contributed by atoms with Gasteiger partial charge < -0.3 is 19.9 Å². The third-order valence-electron chi connectivity index (χ3n) is 1.73. The average Bonchev–Trinajstić information content (AvgIpc) is 2.18. The van der Waals surface area contributed by atoms with Crippen molar-refractivity contribution in [2.24, 2.45) is 0 Å². The highest BCUT2D eigenvalue weighted by Gasteiger charge is 2.12. The van der Waals surface area contributed by atoms with Gasteiger partial charge in [-0.25, -0.2) is 4.79 Å². The van der Waals surface area contributed by atoms with Gasteiger partial charge in [-0.1, -0.05) is 0 Å². The van der Waals surface area contributed by atoms with Crippen molar-refractivity contribution >= 4 is 35.5 Å². The average molecular weight is 269 g/mol. The number of hydrogen-bond acceptors (Lipinski definition) is 5. The summed E-state index contributed by atoms with van der Waals surface area (Å²) < 4.78 is 0. The highest BCUT2D eigenvalue weighted by molar-refractivity contribution is 7.99. The lowest BCUT2D eigenvalue weighted by Gasteiger charge is -2.19. The fourth-order valence-electron chi connectivity index (χ4n) is 0.784. The van der Waals surface area contributed by atoms with E-state index < -0.39 is 11.9 Å². The van der Waals surface area contributed by atoms with E-state index in [-0.39, 0.29) is 0 Å². The second kappa shape index (κ2) is 11.1. The number of carbonyl (C=O) groups is 2. The van der Waals surface area contributed by atoms with Gasteiger partial charge in [0, 0.05) is 11.5 Å². The topological polar surface area (TPSA) is 81.9 Å². The number of hydrogen-bond donors (Lipinski definition) is 2. The molecule has 0 aliphatic heterocycles. The first-order valence-corrected chi connectivity index (χ1v) is 7.37. The standard InChI is InChI=1S/C7H17NS2.C2H2O4/c1-8(2)7(5-9-3)6-10-4;3-1(4)2(5)6/h7H,5-6H2,1-4H3;(H,3,4)(H,5,6). The van der Waals surface area contributed by atoms with Crippen LogP contribution in [-0.2, 0) is 9.59 Å². The van der Waals surface area contributed by atoms with Crippen LogP contribution in [-0.4, -0.2) is 61.2 Å². The van der Waals surface area contributed by atoms with Gasteiger partial charge in [-0.15, -0.1) is 0 Å². The van der Waals surface area contributed by atoms with Gasteiger partial charge in [0.15, 0.2) is 5.97 Å².